The van der Waals surface area contributed by atoms with Crippen molar-refractivity contribution in [2.45, 2.75) is 39.2 Å². The molecule has 1 aromatic rings. The smallest absolute Gasteiger partial charge is 0.265 e. The van der Waals surface area contributed by atoms with Gasteiger partial charge in [-0.1, -0.05) is 20.3 Å². The van der Waals surface area contributed by atoms with Gasteiger partial charge in [-0.3, -0.25) is 9.69 Å². The SMILES string of the molecule is CCCc1ncc(C(=O)N2CC(CC)C(N3CCOCC3)C2)s1. The summed E-state index contributed by atoms with van der Waals surface area (Å²) in [5.74, 6) is 0.735. The number of aromatic nitrogens is 1. The number of hydrogen-bond acceptors (Lipinski definition) is 5. The van der Waals surface area contributed by atoms with Crippen LogP contribution in [0.4, 0.5) is 0 Å². The van der Waals surface area contributed by atoms with Crippen LogP contribution in [0.15, 0.2) is 6.20 Å². The van der Waals surface area contributed by atoms with E-state index in [-0.39, 0.29) is 5.91 Å². The second-order valence-electron chi connectivity index (χ2n) is 6.46. The Kier molecular flexibility index (Phi) is 5.67. The second-order valence-corrected chi connectivity index (χ2v) is 7.58. The normalized spacial score (nSPS) is 25.9. The van der Waals surface area contributed by atoms with Crippen LogP contribution in [-0.2, 0) is 11.2 Å². The molecular weight excluding hydrogens is 310 g/mol. The predicted octanol–water partition coefficient (Wildman–Crippen LogP) is 2.28. The van der Waals surface area contributed by atoms with Gasteiger partial charge in [-0.25, -0.2) is 4.98 Å². The summed E-state index contributed by atoms with van der Waals surface area (Å²) < 4.78 is 5.47. The van der Waals surface area contributed by atoms with Crippen LogP contribution in [-0.4, -0.2) is 66.1 Å². The van der Waals surface area contributed by atoms with E-state index in [1.165, 1.54) is 0 Å². The van der Waals surface area contributed by atoms with Gasteiger partial charge < -0.3 is 9.64 Å². The van der Waals surface area contributed by atoms with Crippen LogP contribution in [0.5, 0.6) is 0 Å². The molecule has 23 heavy (non-hydrogen) atoms. The molecule has 2 aliphatic rings. The minimum atomic E-state index is 0.166. The summed E-state index contributed by atoms with van der Waals surface area (Å²) in [6.45, 7) is 9.71. The number of carbonyl (C=O) groups excluding carboxylic acids is 1. The van der Waals surface area contributed by atoms with E-state index in [2.05, 4.69) is 23.7 Å². The van der Waals surface area contributed by atoms with Crippen LogP contribution in [0.1, 0.15) is 41.4 Å². The number of likely N-dealkylation sites (tertiary alicyclic amines) is 1. The molecule has 2 atom stereocenters. The van der Waals surface area contributed by atoms with Gasteiger partial charge in [-0.05, 0) is 18.8 Å². The Balaban J connectivity index is 1.66. The molecular formula is C17H27N3O2S. The predicted molar refractivity (Wildman–Crippen MR) is 92.0 cm³/mol. The lowest BCUT2D eigenvalue weighted by atomic mass is 9.99. The first-order valence-corrected chi connectivity index (χ1v) is 9.60. The lowest BCUT2D eigenvalue weighted by molar-refractivity contribution is 0.0103. The molecule has 0 aliphatic carbocycles. The molecule has 0 radical (unpaired) electrons. The Morgan fingerprint density at radius 1 is 1.35 bits per heavy atom. The molecule has 128 valence electrons. The third-order valence-electron chi connectivity index (χ3n) is 4.96. The van der Waals surface area contributed by atoms with Crippen molar-refractivity contribution in [2.24, 2.45) is 5.92 Å². The van der Waals surface area contributed by atoms with Crippen molar-refractivity contribution in [3.8, 4) is 0 Å². The Bertz CT molecular complexity index is 528. The van der Waals surface area contributed by atoms with Crippen LogP contribution in [0.2, 0.25) is 0 Å². The maximum atomic E-state index is 12.8. The number of thiazole rings is 1. The van der Waals surface area contributed by atoms with E-state index in [4.69, 9.17) is 4.74 Å². The van der Waals surface area contributed by atoms with Crippen LogP contribution in [0.25, 0.3) is 0 Å². The number of aryl methyl sites for hydroxylation is 1. The molecule has 2 unspecified atom stereocenters. The van der Waals surface area contributed by atoms with Gasteiger partial charge in [0.1, 0.15) is 4.88 Å². The van der Waals surface area contributed by atoms with Gasteiger partial charge in [0.25, 0.3) is 5.91 Å². The fraction of sp³-hybridized carbons (Fsp3) is 0.765. The van der Waals surface area contributed by atoms with E-state index in [9.17, 15) is 4.79 Å². The minimum absolute atomic E-state index is 0.166. The average Bonchev–Trinajstić information content (AvgIpc) is 3.22. The number of nitrogens with zero attached hydrogens (tertiary/aromatic N) is 3. The molecule has 3 rings (SSSR count). The molecule has 0 saturated carbocycles. The van der Waals surface area contributed by atoms with Crippen molar-refractivity contribution < 1.29 is 9.53 Å². The first kappa shape index (κ1) is 16.9. The monoisotopic (exact) mass is 337 g/mol. The summed E-state index contributed by atoms with van der Waals surface area (Å²) in [7, 11) is 0. The molecule has 2 fully saturated rings. The summed E-state index contributed by atoms with van der Waals surface area (Å²) in [6.07, 6.45) is 4.92. The van der Waals surface area contributed by atoms with E-state index in [0.29, 0.717) is 12.0 Å². The second kappa shape index (κ2) is 7.73. The molecule has 6 heteroatoms. The van der Waals surface area contributed by atoms with Gasteiger partial charge in [-0.2, -0.15) is 0 Å². The first-order chi connectivity index (χ1) is 11.2. The Morgan fingerprint density at radius 3 is 2.83 bits per heavy atom. The zero-order valence-electron chi connectivity index (χ0n) is 14.2. The molecule has 0 aromatic carbocycles. The van der Waals surface area contributed by atoms with Gasteiger partial charge in [0.2, 0.25) is 0 Å². The van der Waals surface area contributed by atoms with Crippen molar-refractivity contribution in [2.75, 3.05) is 39.4 Å². The largest absolute Gasteiger partial charge is 0.379 e. The summed E-state index contributed by atoms with van der Waals surface area (Å²) in [4.78, 5) is 22.5. The summed E-state index contributed by atoms with van der Waals surface area (Å²) in [5.41, 5.74) is 0. The lowest BCUT2D eigenvalue weighted by Gasteiger charge is -2.34. The summed E-state index contributed by atoms with van der Waals surface area (Å²) in [5, 5.41) is 1.08. The zero-order chi connectivity index (χ0) is 16.2. The van der Waals surface area contributed by atoms with E-state index in [1.54, 1.807) is 17.5 Å². The Labute approximate surface area is 142 Å². The topological polar surface area (TPSA) is 45.7 Å². The van der Waals surface area contributed by atoms with E-state index >= 15 is 0 Å². The number of hydrogen-bond donors (Lipinski definition) is 0. The van der Waals surface area contributed by atoms with Crippen LogP contribution < -0.4 is 0 Å². The van der Waals surface area contributed by atoms with Crippen LogP contribution in [0.3, 0.4) is 0 Å². The molecule has 0 spiro atoms. The summed E-state index contributed by atoms with van der Waals surface area (Å²) >= 11 is 1.56. The number of carbonyl (C=O) groups is 1. The first-order valence-electron chi connectivity index (χ1n) is 8.78. The molecule has 3 heterocycles. The van der Waals surface area contributed by atoms with Gasteiger partial charge >= 0.3 is 0 Å². The Hall–Kier alpha value is -0.980. The third-order valence-corrected chi connectivity index (χ3v) is 6.01. The fourth-order valence-corrected chi connectivity index (χ4v) is 4.63. The van der Waals surface area contributed by atoms with Crippen molar-refractivity contribution in [1.82, 2.24) is 14.8 Å². The summed E-state index contributed by atoms with van der Waals surface area (Å²) in [6, 6.07) is 0.482. The van der Waals surface area contributed by atoms with E-state index in [0.717, 1.165) is 68.5 Å². The molecule has 0 bridgehead atoms. The molecule has 1 amide bonds. The highest BCUT2D eigenvalue weighted by Crippen LogP contribution is 2.28. The number of morpholine rings is 1. The highest BCUT2D eigenvalue weighted by Gasteiger charge is 2.38. The highest BCUT2D eigenvalue weighted by molar-refractivity contribution is 7.13. The van der Waals surface area contributed by atoms with Crippen molar-refractivity contribution in [3.63, 3.8) is 0 Å². The minimum Gasteiger partial charge on any atom is -0.379 e. The van der Waals surface area contributed by atoms with E-state index < -0.39 is 0 Å². The van der Waals surface area contributed by atoms with Crippen molar-refractivity contribution in [1.29, 1.82) is 0 Å². The van der Waals surface area contributed by atoms with Crippen LogP contribution >= 0.6 is 11.3 Å². The van der Waals surface area contributed by atoms with Crippen LogP contribution in [0, 0.1) is 5.92 Å². The molecule has 2 aliphatic heterocycles. The maximum absolute atomic E-state index is 12.8. The van der Waals surface area contributed by atoms with Gasteiger partial charge in [0.05, 0.1) is 24.4 Å². The van der Waals surface area contributed by atoms with Crippen molar-refractivity contribution in [3.05, 3.63) is 16.1 Å². The number of ether oxygens (including phenoxy) is 1. The molecule has 5 nitrogen and oxygen atoms in total. The molecule has 1 aromatic heterocycles. The third kappa shape index (κ3) is 3.75. The fourth-order valence-electron chi connectivity index (χ4n) is 3.64. The average molecular weight is 337 g/mol. The van der Waals surface area contributed by atoms with Gasteiger partial charge in [0.15, 0.2) is 0 Å². The Morgan fingerprint density at radius 2 is 2.13 bits per heavy atom. The molecule has 0 N–H and O–H groups in total. The maximum Gasteiger partial charge on any atom is 0.265 e. The molecule has 2 saturated heterocycles. The number of amides is 1. The van der Waals surface area contributed by atoms with E-state index in [1.807, 2.05) is 4.90 Å². The number of rotatable bonds is 5. The zero-order valence-corrected chi connectivity index (χ0v) is 15.0. The lowest BCUT2D eigenvalue weighted by Crippen LogP contribution is -2.47. The van der Waals surface area contributed by atoms with Gasteiger partial charge in [-0.15, -0.1) is 11.3 Å². The van der Waals surface area contributed by atoms with Crippen molar-refractivity contribution >= 4 is 17.2 Å². The standard InChI is InChI=1S/C17H27N3O2S/c1-3-5-16-18-10-15(23-16)17(21)20-11-13(4-2)14(12-20)19-6-8-22-9-7-19/h10,13-14H,3-9,11-12H2,1-2H3. The van der Waals surface area contributed by atoms with Gasteiger partial charge in [0, 0.05) is 32.2 Å². The highest BCUT2D eigenvalue weighted by atomic mass is 32.1. The quantitative estimate of drug-likeness (QED) is 0.827.